The van der Waals surface area contributed by atoms with Crippen molar-refractivity contribution >= 4 is 17.2 Å². The molecule has 0 aromatic carbocycles. The van der Waals surface area contributed by atoms with E-state index in [1.54, 1.807) is 11.3 Å². The van der Waals surface area contributed by atoms with Gasteiger partial charge in [-0.15, -0.1) is 11.3 Å². The summed E-state index contributed by atoms with van der Waals surface area (Å²) in [5.41, 5.74) is -0.143. The maximum Gasteiger partial charge on any atom is 0.257 e. The standard InChI is InChI=1S/C12H12N2O2S/c1-8(11-3-2-6-17-11)14-12(16)9-7-13-5-4-10(9)15/h2-8H,1H3,(H,13,15)(H,14,16). The van der Waals surface area contributed by atoms with Crippen LogP contribution in [0.3, 0.4) is 0 Å². The van der Waals surface area contributed by atoms with Crippen molar-refractivity contribution in [3.8, 4) is 0 Å². The highest BCUT2D eigenvalue weighted by Gasteiger charge is 2.14. The summed E-state index contributed by atoms with van der Waals surface area (Å²) in [7, 11) is 0. The van der Waals surface area contributed by atoms with E-state index in [0.29, 0.717) is 0 Å². The molecule has 0 spiro atoms. The third kappa shape index (κ3) is 2.62. The lowest BCUT2D eigenvalue weighted by Gasteiger charge is -2.11. The van der Waals surface area contributed by atoms with Gasteiger partial charge in [-0.2, -0.15) is 0 Å². The van der Waals surface area contributed by atoms with Gasteiger partial charge in [-0.1, -0.05) is 6.07 Å². The van der Waals surface area contributed by atoms with Crippen LogP contribution < -0.4 is 10.7 Å². The fourth-order valence-corrected chi connectivity index (χ4v) is 2.21. The van der Waals surface area contributed by atoms with E-state index in [4.69, 9.17) is 0 Å². The van der Waals surface area contributed by atoms with E-state index in [-0.39, 0.29) is 22.9 Å². The molecule has 1 atom stereocenters. The number of hydrogen-bond donors (Lipinski definition) is 2. The average molecular weight is 248 g/mol. The van der Waals surface area contributed by atoms with Crippen molar-refractivity contribution < 1.29 is 4.79 Å². The van der Waals surface area contributed by atoms with Crippen LogP contribution in [-0.4, -0.2) is 10.9 Å². The number of carbonyl (C=O) groups excluding carboxylic acids is 1. The summed E-state index contributed by atoms with van der Waals surface area (Å²) < 4.78 is 0. The maximum absolute atomic E-state index is 11.8. The van der Waals surface area contributed by atoms with Crippen LogP contribution in [0, 0.1) is 0 Å². The molecular formula is C12H12N2O2S. The monoisotopic (exact) mass is 248 g/mol. The van der Waals surface area contributed by atoms with Gasteiger partial charge in [-0.25, -0.2) is 0 Å². The number of carbonyl (C=O) groups is 1. The Bertz CT molecular complexity index is 560. The molecule has 2 aromatic heterocycles. The molecule has 1 unspecified atom stereocenters. The van der Waals surface area contributed by atoms with Crippen molar-refractivity contribution in [1.29, 1.82) is 0 Å². The first-order valence-corrected chi connectivity index (χ1v) is 6.08. The van der Waals surface area contributed by atoms with E-state index < -0.39 is 0 Å². The van der Waals surface area contributed by atoms with E-state index in [0.717, 1.165) is 4.88 Å². The minimum absolute atomic E-state index is 0.0953. The van der Waals surface area contributed by atoms with Gasteiger partial charge in [0.25, 0.3) is 5.91 Å². The van der Waals surface area contributed by atoms with Crippen molar-refractivity contribution in [2.75, 3.05) is 0 Å². The number of nitrogens with one attached hydrogen (secondary N) is 2. The Morgan fingerprint density at radius 3 is 2.94 bits per heavy atom. The average Bonchev–Trinajstić information content (AvgIpc) is 2.82. The molecule has 2 rings (SSSR count). The third-order valence-electron chi connectivity index (χ3n) is 2.39. The first-order chi connectivity index (χ1) is 8.18. The predicted octanol–water partition coefficient (Wildman–Crippen LogP) is 1.93. The minimum atomic E-state index is -0.354. The lowest BCUT2D eigenvalue weighted by atomic mass is 10.2. The third-order valence-corrected chi connectivity index (χ3v) is 3.44. The molecule has 0 aliphatic carbocycles. The van der Waals surface area contributed by atoms with Crippen LogP contribution in [0.2, 0.25) is 0 Å². The molecule has 17 heavy (non-hydrogen) atoms. The zero-order valence-corrected chi connectivity index (χ0v) is 10.1. The highest BCUT2D eigenvalue weighted by molar-refractivity contribution is 7.10. The first-order valence-electron chi connectivity index (χ1n) is 5.20. The summed E-state index contributed by atoms with van der Waals surface area (Å²) >= 11 is 1.57. The highest BCUT2D eigenvalue weighted by atomic mass is 32.1. The number of aromatic amines is 1. The van der Waals surface area contributed by atoms with Crippen LogP contribution in [-0.2, 0) is 0 Å². The van der Waals surface area contributed by atoms with Gasteiger partial charge in [-0.3, -0.25) is 9.59 Å². The van der Waals surface area contributed by atoms with Crippen LogP contribution >= 0.6 is 11.3 Å². The summed E-state index contributed by atoms with van der Waals surface area (Å²) in [5, 5.41) is 4.74. The van der Waals surface area contributed by atoms with E-state index in [2.05, 4.69) is 10.3 Å². The zero-order valence-electron chi connectivity index (χ0n) is 9.27. The van der Waals surface area contributed by atoms with Gasteiger partial charge in [0.15, 0.2) is 5.43 Å². The number of thiophene rings is 1. The van der Waals surface area contributed by atoms with E-state index in [9.17, 15) is 9.59 Å². The quantitative estimate of drug-likeness (QED) is 0.871. The van der Waals surface area contributed by atoms with Crippen LogP contribution in [0.25, 0.3) is 0 Å². The molecule has 0 bridgehead atoms. The fourth-order valence-electron chi connectivity index (χ4n) is 1.48. The molecule has 0 saturated carbocycles. The number of H-pyrrole nitrogens is 1. The number of hydrogen-bond acceptors (Lipinski definition) is 3. The van der Waals surface area contributed by atoms with Gasteiger partial charge < -0.3 is 10.3 Å². The normalized spacial score (nSPS) is 12.1. The summed E-state index contributed by atoms with van der Waals surface area (Å²) in [6.07, 6.45) is 2.92. The van der Waals surface area contributed by atoms with Gasteiger partial charge in [-0.05, 0) is 18.4 Å². The smallest absolute Gasteiger partial charge is 0.257 e. The van der Waals surface area contributed by atoms with E-state index in [1.165, 1.54) is 18.5 Å². The molecule has 0 saturated heterocycles. The summed E-state index contributed by atoms with van der Waals surface area (Å²) in [6.45, 7) is 1.89. The molecular weight excluding hydrogens is 236 g/mol. The molecule has 88 valence electrons. The van der Waals surface area contributed by atoms with Crippen molar-refractivity contribution in [2.45, 2.75) is 13.0 Å². The summed E-state index contributed by atoms with van der Waals surface area (Å²) in [5.74, 6) is -0.354. The molecule has 0 aliphatic heterocycles. The van der Waals surface area contributed by atoms with Crippen LogP contribution in [0.4, 0.5) is 0 Å². The second-order valence-electron chi connectivity index (χ2n) is 3.63. The van der Waals surface area contributed by atoms with Gasteiger partial charge >= 0.3 is 0 Å². The molecule has 0 fully saturated rings. The lowest BCUT2D eigenvalue weighted by Crippen LogP contribution is -2.30. The molecule has 0 aliphatic rings. The molecule has 4 nitrogen and oxygen atoms in total. The zero-order chi connectivity index (χ0) is 12.3. The largest absolute Gasteiger partial charge is 0.367 e. The van der Waals surface area contributed by atoms with E-state index in [1.807, 2.05) is 24.4 Å². The topological polar surface area (TPSA) is 62.0 Å². The van der Waals surface area contributed by atoms with Gasteiger partial charge in [0.05, 0.1) is 6.04 Å². The number of aromatic nitrogens is 1. The Hall–Kier alpha value is -1.88. The van der Waals surface area contributed by atoms with Crippen molar-refractivity contribution in [1.82, 2.24) is 10.3 Å². The van der Waals surface area contributed by atoms with Crippen molar-refractivity contribution in [3.05, 3.63) is 56.6 Å². The second-order valence-corrected chi connectivity index (χ2v) is 4.61. The van der Waals surface area contributed by atoms with Crippen LogP contribution in [0.5, 0.6) is 0 Å². The van der Waals surface area contributed by atoms with Crippen molar-refractivity contribution in [2.24, 2.45) is 0 Å². The minimum Gasteiger partial charge on any atom is -0.367 e. The Balaban J connectivity index is 2.13. The predicted molar refractivity (Wildman–Crippen MR) is 67.3 cm³/mol. The maximum atomic E-state index is 11.8. The summed E-state index contributed by atoms with van der Waals surface area (Å²) in [4.78, 5) is 27.1. The SMILES string of the molecule is CC(NC(=O)c1c[nH]ccc1=O)c1cccs1. The van der Waals surface area contributed by atoms with E-state index >= 15 is 0 Å². The number of pyridine rings is 1. The van der Waals surface area contributed by atoms with Gasteiger partial charge in [0.1, 0.15) is 5.56 Å². The molecule has 0 radical (unpaired) electrons. The summed E-state index contributed by atoms with van der Waals surface area (Å²) in [6, 6.07) is 5.12. The van der Waals surface area contributed by atoms with Gasteiger partial charge in [0, 0.05) is 23.3 Å². The van der Waals surface area contributed by atoms with Gasteiger partial charge in [0.2, 0.25) is 0 Å². The molecule has 2 heterocycles. The van der Waals surface area contributed by atoms with Crippen molar-refractivity contribution in [3.63, 3.8) is 0 Å². The Morgan fingerprint density at radius 1 is 1.47 bits per heavy atom. The molecule has 1 amide bonds. The first kappa shape index (κ1) is 11.6. The number of amides is 1. The Morgan fingerprint density at radius 2 is 2.29 bits per heavy atom. The highest BCUT2D eigenvalue weighted by Crippen LogP contribution is 2.18. The molecule has 5 heteroatoms. The Labute approximate surface area is 102 Å². The molecule has 2 N–H and O–H groups in total. The lowest BCUT2D eigenvalue weighted by molar-refractivity contribution is 0.0939. The fraction of sp³-hybridized carbons (Fsp3) is 0.167. The molecule has 2 aromatic rings. The Kier molecular flexibility index (Phi) is 3.39. The second kappa shape index (κ2) is 4.97. The van der Waals surface area contributed by atoms with Crippen LogP contribution in [0.1, 0.15) is 28.2 Å². The van der Waals surface area contributed by atoms with Crippen LogP contribution in [0.15, 0.2) is 40.8 Å². The number of rotatable bonds is 3.